The second-order valence-electron chi connectivity index (χ2n) is 12.5. The lowest BCUT2D eigenvalue weighted by Gasteiger charge is -2.35. The molecule has 0 bridgehead atoms. The van der Waals surface area contributed by atoms with E-state index < -0.39 is 5.60 Å². The van der Waals surface area contributed by atoms with Crippen molar-refractivity contribution in [3.05, 3.63) is 59.7 Å². The molecule has 2 atom stereocenters. The first-order valence-corrected chi connectivity index (χ1v) is 15.2. The van der Waals surface area contributed by atoms with Gasteiger partial charge in [-0.05, 0) is 89.1 Å². The zero-order valence-corrected chi connectivity index (χ0v) is 24.7. The van der Waals surface area contributed by atoms with Crippen molar-refractivity contribution in [2.45, 2.75) is 89.8 Å². The molecule has 4 aliphatic heterocycles. The Balaban J connectivity index is 0.000000174. The van der Waals surface area contributed by atoms with E-state index in [1.54, 1.807) is 4.90 Å². The summed E-state index contributed by atoms with van der Waals surface area (Å²) in [5.41, 5.74) is 4.13. The Bertz CT molecular complexity index is 1250. The minimum absolute atomic E-state index is 0.0231. The number of benzene rings is 2. The van der Waals surface area contributed by atoms with Gasteiger partial charge in [0.15, 0.2) is 0 Å². The monoisotopic (exact) mass is 560 g/mol. The second kappa shape index (κ2) is 12.6. The molecule has 2 saturated heterocycles. The van der Waals surface area contributed by atoms with E-state index >= 15 is 0 Å². The molecular weight excluding hydrogens is 516 g/mol. The summed E-state index contributed by atoms with van der Waals surface area (Å²) >= 11 is 0. The Kier molecular flexibility index (Phi) is 8.97. The highest BCUT2D eigenvalue weighted by atomic mass is 16.6. The van der Waals surface area contributed by atoms with Crippen molar-refractivity contribution in [2.75, 3.05) is 36.0 Å². The largest absolute Gasteiger partial charge is 0.444 e. The molecule has 8 heteroatoms. The van der Waals surface area contributed by atoms with Crippen molar-refractivity contribution in [1.82, 2.24) is 10.2 Å². The van der Waals surface area contributed by atoms with Crippen LogP contribution in [0.4, 0.5) is 16.2 Å². The Labute approximate surface area is 244 Å². The molecule has 2 aromatic carbocycles. The van der Waals surface area contributed by atoms with Crippen molar-refractivity contribution in [3.8, 4) is 0 Å². The van der Waals surface area contributed by atoms with Gasteiger partial charge in [-0.3, -0.25) is 9.59 Å². The maximum atomic E-state index is 12.4. The smallest absolute Gasteiger partial charge is 0.410 e. The zero-order chi connectivity index (χ0) is 29.0. The molecule has 2 fully saturated rings. The Morgan fingerprint density at radius 2 is 1.41 bits per heavy atom. The summed E-state index contributed by atoms with van der Waals surface area (Å²) in [6.07, 6.45) is 6.89. The maximum absolute atomic E-state index is 12.4. The van der Waals surface area contributed by atoms with Gasteiger partial charge in [-0.1, -0.05) is 36.4 Å². The van der Waals surface area contributed by atoms with Crippen LogP contribution in [0.2, 0.25) is 0 Å². The fourth-order valence-corrected chi connectivity index (χ4v) is 6.32. The Morgan fingerprint density at radius 3 is 1.98 bits per heavy atom. The van der Waals surface area contributed by atoms with Gasteiger partial charge < -0.3 is 24.8 Å². The minimum atomic E-state index is -0.502. The van der Waals surface area contributed by atoms with E-state index in [0.29, 0.717) is 32.0 Å². The highest BCUT2D eigenvalue weighted by molar-refractivity contribution is 5.97. The predicted molar refractivity (Wildman–Crippen MR) is 161 cm³/mol. The number of anilines is 2. The van der Waals surface area contributed by atoms with E-state index in [-0.39, 0.29) is 23.9 Å². The van der Waals surface area contributed by atoms with Crippen LogP contribution in [0.15, 0.2) is 48.5 Å². The van der Waals surface area contributed by atoms with Gasteiger partial charge >= 0.3 is 6.09 Å². The number of carbonyl (C=O) groups excluding carboxylic acids is 3. The molecule has 0 aromatic heterocycles. The van der Waals surface area contributed by atoms with Gasteiger partial charge in [-0.15, -0.1) is 0 Å². The lowest BCUT2D eigenvalue weighted by Crippen LogP contribution is -2.48. The van der Waals surface area contributed by atoms with Gasteiger partial charge in [0.1, 0.15) is 5.60 Å². The number of rotatable bonds is 4. The van der Waals surface area contributed by atoms with Crippen LogP contribution in [-0.4, -0.2) is 66.7 Å². The second-order valence-corrected chi connectivity index (χ2v) is 12.5. The van der Waals surface area contributed by atoms with E-state index in [9.17, 15) is 14.4 Å². The van der Waals surface area contributed by atoms with E-state index in [2.05, 4.69) is 29.6 Å². The number of ether oxygens (including phenoxy) is 1. The summed E-state index contributed by atoms with van der Waals surface area (Å²) < 4.78 is 5.52. The SMILES string of the molecule is CC(C)(C)OC(=O)N1CCCC1CN1C(=O)CCc2ccccc21.O=C1CCc2ccccc2N1CC1CCCN1. The molecule has 0 radical (unpaired) electrons. The number of nitrogens with one attached hydrogen (secondary N) is 1. The fourth-order valence-electron chi connectivity index (χ4n) is 6.32. The minimum Gasteiger partial charge on any atom is -0.444 e. The average molecular weight is 561 g/mol. The van der Waals surface area contributed by atoms with Crippen LogP contribution in [-0.2, 0) is 27.2 Å². The van der Waals surface area contributed by atoms with Crippen LogP contribution in [0.5, 0.6) is 0 Å². The van der Waals surface area contributed by atoms with Crippen molar-refractivity contribution in [3.63, 3.8) is 0 Å². The maximum Gasteiger partial charge on any atom is 0.410 e. The molecule has 2 unspecified atom stereocenters. The summed E-state index contributed by atoms with van der Waals surface area (Å²) in [6, 6.07) is 16.8. The first kappa shape index (κ1) is 29.1. The molecular formula is C33H44N4O4. The lowest BCUT2D eigenvalue weighted by atomic mass is 10.0. The molecule has 41 heavy (non-hydrogen) atoms. The number of aryl methyl sites for hydroxylation is 2. The number of fused-ring (bicyclic) bond motifs is 2. The van der Waals surface area contributed by atoms with Gasteiger partial charge in [0.05, 0.1) is 6.04 Å². The van der Waals surface area contributed by atoms with Gasteiger partial charge in [0.25, 0.3) is 0 Å². The first-order chi connectivity index (χ1) is 19.7. The Morgan fingerprint density at radius 1 is 0.829 bits per heavy atom. The van der Waals surface area contributed by atoms with E-state index in [4.69, 9.17) is 4.74 Å². The number of para-hydroxylation sites is 2. The van der Waals surface area contributed by atoms with Gasteiger partial charge in [-0.25, -0.2) is 4.79 Å². The summed E-state index contributed by atoms with van der Waals surface area (Å²) in [5.74, 6) is 0.419. The van der Waals surface area contributed by atoms with Crippen molar-refractivity contribution in [2.24, 2.45) is 0 Å². The first-order valence-electron chi connectivity index (χ1n) is 15.2. The molecule has 0 aliphatic carbocycles. The number of hydrogen-bond acceptors (Lipinski definition) is 5. The van der Waals surface area contributed by atoms with Crippen LogP contribution < -0.4 is 15.1 Å². The van der Waals surface area contributed by atoms with Crippen LogP contribution in [0, 0.1) is 0 Å². The van der Waals surface area contributed by atoms with Gasteiger partial charge in [-0.2, -0.15) is 0 Å². The molecule has 4 heterocycles. The molecule has 0 saturated carbocycles. The molecule has 3 amide bonds. The highest BCUT2D eigenvalue weighted by Gasteiger charge is 2.35. The van der Waals surface area contributed by atoms with Gasteiger partial charge in [0.2, 0.25) is 11.8 Å². The average Bonchev–Trinajstić information content (AvgIpc) is 3.64. The third kappa shape index (κ3) is 7.10. The number of amides is 3. The standard InChI is InChI=1S/C19H26N2O3.C14H18N2O/c1-19(2,3)24-18(23)20-12-6-8-15(20)13-21-16-9-5-4-7-14(16)10-11-17(21)22;17-14-8-7-11-4-1-2-6-13(11)16(14)10-12-5-3-9-15-12/h4-5,7,9,15H,6,8,10-13H2,1-3H3;1-2,4,6,12,15H,3,5,7-10H2. The van der Waals surface area contributed by atoms with Crippen LogP contribution >= 0.6 is 0 Å². The number of nitrogens with zero attached hydrogens (tertiary/aromatic N) is 3. The number of hydrogen-bond donors (Lipinski definition) is 1. The fraction of sp³-hybridized carbons (Fsp3) is 0.545. The van der Waals surface area contributed by atoms with E-state index in [0.717, 1.165) is 50.1 Å². The molecule has 8 nitrogen and oxygen atoms in total. The van der Waals surface area contributed by atoms with Crippen LogP contribution in [0.25, 0.3) is 0 Å². The molecule has 220 valence electrons. The Hall–Kier alpha value is -3.39. The topological polar surface area (TPSA) is 82.2 Å². The van der Waals surface area contributed by atoms with E-state index in [1.807, 2.05) is 54.8 Å². The summed E-state index contributed by atoms with van der Waals surface area (Å²) in [5, 5.41) is 3.46. The molecule has 2 aromatic rings. The van der Waals surface area contributed by atoms with Crippen LogP contribution in [0.1, 0.15) is 70.4 Å². The number of carbonyl (C=O) groups is 3. The van der Waals surface area contributed by atoms with Crippen molar-refractivity contribution >= 4 is 29.3 Å². The van der Waals surface area contributed by atoms with Crippen molar-refractivity contribution in [1.29, 1.82) is 0 Å². The predicted octanol–water partition coefficient (Wildman–Crippen LogP) is 5.08. The highest BCUT2D eigenvalue weighted by Crippen LogP contribution is 2.31. The zero-order valence-electron chi connectivity index (χ0n) is 24.7. The molecule has 6 rings (SSSR count). The van der Waals surface area contributed by atoms with Crippen LogP contribution in [0.3, 0.4) is 0 Å². The molecule has 0 spiro atoms. The van der Waals surface area contributed by atoms with Gasteiger partial charge in [0, 0.05) is 49.9 Å². The summed E-state index contributed by atoms with van der Waals surface area (Å²) in [6.45, 7) is 8.80. The van der Waals surface area contributed by atoms with E-state index in [1.165, 1.54) is 24.0 Å². The summed E-state index contributed by atoms with van der Waals surface area (Å²) in [4.78, 5) is 42.5. The third-order valence-electron chi connectivity index (χ3n) is 8.35. The lowest BCUT2D eigenvalue weighted by molar-refractivity contribution is -0.119. The molecule has 4 aliphatic rings. The third-order valence-corrected chi connectivity index (χ3v) is 8.35. The normalized spacial score (nSPS) is 22.2. The number of likely N-dealkylation sites (tertiary alicyclic amines) is 1. The van der Waals surface area contributed by atoms with Crippen molar-refractivity contribution < 1.29 is 19.1 Å². The molecule has 1 N–H and O–H groups in total. The summed E-state index contributed by atoms with van der Waals surface area (Å²) in [7, 11) is 0. The quantitative estimate of drug-likeness (QED) is 0.564.